The van der Waals surface area contributed by atoms with Gasteiger partial charge in [-0.1, -0.05) is 78.9 Å². The van der Waals surface area contributed by atoms with E-state index < -0.39 is 0 Å². The highest BCUT2D eigenvalue weighted by atomic mass is 32.2. The highest BCUT2D eigenvalue weighted by Crippen LogP contribution is 2.32. The number of nitrogens with zero attached hydrogens (tertiary/aromatic N) is 1. The molecule has 1 fully saturated rings. The van der Waals surface area contributed by atoms with Gasteiger partial charge in [-0.2, -0.15) is 0 Å². The van der Waals surface area contributed by atoms with Crippen LogP contribution in [0.25, 0.3) is 6.08 Å². The minimum absolute atomic E-state index is 0.0495. The lowest BCUT2D eigenvalue weighted by molar-refractivity contribution is -0.122. The number of nitrogens with one attached hydrogen (secondary N) is 1. The van der Waals surface area contributed by atoms with E-state index in [2.05, 4.69) is 12.2 Å². The van der Waals surface area contributed by atoms with Gasteiger partial charge in [0.2, 0.25) is 5.91 Å². The van der Waals surface area contributed by atoms with E-state index in [9.17, 15) is 9.59 Å². The van der Waals surface area contributed by atoms with E-state index in [1.807, 2.05) is 61.5 Å². The van der Waals surface area contributed by atoms with Gasteiger partial charge in [0, 0.05) is 18.7 Å². The summed E-state index contributed by atoms with van der Waals surface area (Å²) in [6, 6.07) is 15.8. The van der Waals surface area contributed by atoms with Crippen molar-refractivity contribution in [2.45, 2.75) is 33.1 Å². The molecule has 1 saturated heterocycles. The van der Waals surface area contributed by atoms with Crippen molar-refractivity contribution in [1.29, 1.82) is 0 Å². The molecular weight excluding hydrogens is 400 g/mol. The molecule has 0 radical (unpaired) electrons. The number of hydrogen-bond acceptors (Lipinski definition) is 4. The maximum atomic E-state index is 12.7. The van der Waals surface area contributed by atoms with E-state index in [1.54, 1.807) is 4.90 Å². The van der Waals surface area contributed by atoms with Crippen molar-refractivity contribution in [2.24, 2.45) is 0 Å². The minimum atomic E-state index is -0.0858. The Hall–Kier alpha value is -2.44. The van der Waals surface area contributed by atoms with Gasteiger partial charge in [0.15, 0.2) is 0 Å². The first-order chi connectivity index (χ1) is 14.0. The van der Waals surface area contributed by atoms with E-state index in [-0.39, 0.29) is 11.8 Å². The summed E-state index contributed by atoms with van der Waals surface area (Å²) in [5.41, 5.74) is 4.12. The molecule has 0 aliphatic carbocycles. The second-order valence-electron chi connectivity index (χ2n) is 6.91. The van der Waals surface area contributed by atoms with E-state index in [0.29, 0.717) is 28.6 Å². The number of hydrogen-bond donors (Lipinski definition) is 1. The number of amides is 2. The Labute approximate surface area is 181 Å². The fraction of sp³-hybridized carbons (Fsp3) is 0.261. The zero-order valence-electron chi connectivity index (χ0n) is 16.6. The normalized spacial score (nSPS) is 15.2. The number of benzene rings is 2. The van der Waals surface area contributed by atoms with Crippen molar-refractivity contribution in [3.05, 3.63) is 70.1 Å². The molecule has 3 rings (SSSR count). The third-order valence-corrected chi connectivity index (χ3v) is 6.08. The van der Waals surface area contributed by atoms with Crippen molar-refractivity contribution in [2.75, 3.05) is 11.9 Å². The molecule has 0 bridgehead atoms. The van der Waals surface area contributed by atoms with Crippen LogP contribution < -0.4 is 5.32 Å². The lowest BCUT2D eigenvalue weighted by atomic mass is 10.1. The Morgan fingerprint density at radius 2 is 1.90 bits per heavy atom. The maximum Gasteiger partial charge on any atom is 0.266 e. The molecule has 0 saturated carbocycles. The van der Waals surface area contributed by atoms with Gasteiger partial charge in [-0.15, -0.1) is 0 Å². The topological polar surface area (TPSA) is 49.4 Å². The molecule has 0 unspecified atom stereocenters. The van der Waals surface area contributed by atoms with Crippen molar-refractivity contribution in [3.8, 4) is 0 Å². The SMILES string of the molecule is CCc1ccccc1NC(=O)CCCN1C(=O)C(=Cc2ccc(C)cc2)SC1=S. The Kier molecular flexibility index (Phi) is 7.23. The number of thioether (sulfide) groups is 1. The summed E-state index contributed by atoms with van der Waals surface area (Å²) in [6.07, 6.45) is 3.63. The van der Waals surface area contributed by atoms with Gasteiger partial charge in [0.1, 0.15) is 4.32 Å². The summed E-state index contributed by atoms with van der Waals surface area (Å²) >= 11 is 6.69. The molecule has 0 spiro atoms. The van der Waals surface area contributed by atoms with Crippen molar-refractivity contribution >= 4 is 51.9 Å². The highest BCUT2D eigenvalue weighted by molar-refractivity contribution is 8.26. The second-order valence-corrected chi connectivity index (χ2v) is 8.58. The Morgan fingerprint density at radius 1 is 1.17 bits per heavy atom. The van der Waals surface area contributed by atoms with Crippen LogP contribution >= 0.6 is 24.0 Å². The molecule has 150 valence electrons. The fourth-order valence-electron chi connectivity index (χ4n) is 3.07. The average molecular weight is 425 g/mol. The molecule has 1 aliphatic heterocycles. The minimum Gasteiger partial charge on any atom is -0.326 e. The smallest absolute Gasteiger partial charge is 0.266 e. The van der Waals surface area contributed by atoms with E-state index in [1.165, 1.54) is 17.3 Å². The quantitative estimate of drug-likeness (QED) is 0.492. The standard InChI is InChI=1S/C23H24N2O2S2/c1-3-18-7-4-5-8-19(18)24-21(26)9-6-14-25-22(27)20(29-23(25)28)15-17-12-10-16(2)11-13-17/h4-5,7-8,10-13,15H,3,6,9,14H2,1-2H3,(H,24,26). The molecule has 2 aromatic rings. The molecule has 0 atom stereocenters. The zero-order valence-corrected chi connectivity index (χ0v) is 18.2. The van der Waals surface area contributed by atoms with E-state index >= 15 is 0 Å². The lowest BCUT2D eigenvalue weighted by Crippen LogP contribution is -2.29. The summed E-state index contributed by atoms with van der Waals surface area (Å²) in [4.78, 5) is 27.2. The monoisotopic (exact) mass is 424 g/mol. The largest absolute Gasteiger partial charge is 0.326 e. The van der Waals surface area contributed by atoms with Crippen LogP contribution in [0.2, 0.25) is 0 Å². The molecule has 0 aromatic heterocycles. The maximum absolute atomic E-state index is 12.7. The van der Waals surface area contributed by atoms with Gasteiger partial charge in [0.25, 0.3) is 5.91 Å². The summed E-state index contributed by atoms with van der Waals surface area (Å²) in [7, 11) is 0. The van der Waals surface area contributed by atoms with Crippen LogP contribution in [0.5, 0.6) is 0 Å². The van der Waals surface area contributed by atoms with Crippen LogP contribution in [0.1, 0.15) is 36.5 Å². The Morgan fingerprint density at radius 3 is 2.62 bits per heavy atom. The molecule has 2 amide bonds. The van der Waals surface area contributed by atoms with Crippen LogP contribution in [0, 0.1) is 6.92 Å². The number of para-hydroxylation sites is 1. The number of carbonyl (C=O) groups is 2. The van der Waals surface area contributed by atoms with Gasteiger partial charge in [0.05, 0.1) is 4.91 Å². The molecule has 6 heteroatoms. The van der Waals surface area contributed by atoms with E-state index in [4.69, 9.17) is 12.2 Å². The van der Waals surface area contributed by atoms with Crippen LogP contribution in [0.15, 0.2) is 53.4 Å². The number of thiocarbonyl (C=S) groups is 1. The van der Waals surface area contributed by atoms with Gasteiger partial charge in [-0.3, -0.25) is 14.5 Å². The van der Waals surface area contributed by atoms with Crippen LogP contribution in [-0.4, -0.2) is 27.6 Å². The van der Waals surface area contributed by atoms with E-state index in [0.717, 1.165) is 23.2 Å². The van der Waals surface area contributed by atoms with Crippen LogP contribution in [0.4, 0.5) is 5.69 Å². The van der Waals surface area contributed by atoms with Crippen LogP contribution in [0.3, 0.4) is 0 Å². The summed E-state index contributed by atoms with van der Waals surface area (Å²) < 4.78 is 0.546. The average Bonchev–Trinajstić information content (AvgIpc) is 2.97. The number of carbonyl (C=O) groups excluding carboxylic acids is 2. The molecule has 2 aromatic carbocycles. The van der Waals surface area contributed by atoms with Gasteiger partial charge < -0.3 is 5.32 Å². The molecule has 4 nitrogen and oxygen atoms in total. The predicted molar refractivity (Wildman–Crippen MR) is 125 cm³/mol. The zero-order chi connectivity index (χ0) is 20.8. The number of anilines is 1. The van der Waals surface area contributed by atoms with Crippen LogP contribution in [-0.2, 0) is 16.0 Å². The fourth-order valence-corrected chi connectivity index (χ4v) is 4.38. The van der Waals surface area contributed by atoms with Gasteiger partial charge >= 0.3 is 0 Å². The number of rotatable bonds is 7. The predicted octanol–water partition coefficient (Wildman–Crippen LogP) is 5.18. The molecule has 29 heavy (non-hydrogen) atoms. The summed E-state index contributed by atoms with van der Waals surface area (Å²) in [5.74, 6) is -0.135. The molecular formula is C23H24N2O2S2. The highest BCUT2D eigenvalue weighted by Gasteiger charge is 2.31. The first kappa shape index (κ1) is 21.3. The Balaban J connectivity index is 1.54. The summed E-state index contributed by atoms with van der Waals surface area (Å²) in [5, 5.41) is 2.96. The number of aryl methyl sites for hydroxylation is 2. The molecule has 1 heterocycles. The third-order valence-electron chi connectivity index (χ3n) is 4.71. The third kappa shape index (κ3) is 5.55. The lowest BCUT2D eigenvalue weighted by Gasteiger charge is -2.14. The van der Waals surface area contributed by atoms with Crippen molar-refractivity contribution in [1.82, 2.24) is 4.90 Å². The van der Waals surface area contributed by atoms with Crippen molar-refractivity contribution in [3.63, 3.8) is 0 Å². The molecule has 1 N–H and O–H groups in total. The second kappa shape index (κ2) is 9.85. The molecule has 1 aliphatic rings. The summed E-state index contributed by atoms with van der Waals surface area (Å²) in [6.45, 7) is 4.53. The first-order valence-electron chi connectivity index (χ1n) is 9.67. The van der Waals surface area contributed by atoms with Gasteiger partial charge in [-0.25, -0.2) is 0 Å². The van der Waals surface area contributed by atoms with Crippen molar-refractivity contribution < 1.29 is 9.59 Å². The van der Waals surface area contributed by atoms with Gasteiger partial charge in [-0.05, 0) is 43.0 Å². The Bertz CT molecular complexity index is 952. The first-order valence-corrected chi connectivity index (χ1v) is 10.9.